The van der Waals surface area contributed by atoms with Crippen LogP contribution in [0.5, 0.6) is 0 Å². The maximum absolute atomic E-state index is 14.6. The summed E-state index contributed by atoms with van der Waals surface area (Å²) in [4.78, 5) is 17.8. The van der Waals surface area contributed by atoms with Crippen molar-refractivity contribution in [2.75, 3.05) is 11.4 Å². The third-order valence-corrected chi connectivity index (χ3v) is 4.69. The highest BCUT2D eigenvalue weighted by molar-refractivity contribution is 5.90. The van der Waals surface area contributed by atoms with E-state index in [4.69, 9.17) is 4.74 Å². The molecule has 1 amide bonds. The zero-order valence-corrected chi connectivity index (χ0v) is 13.5. The first-order valence-corrected chi connectivity index (χ1v) is 8.39. The Bertz CT molecular complexity index is 771. The van der Waals surface area contributed by atoms with Gasteiger partial charge in [0.05, 0.1) is 12.2 Å². The minimum absolute atomic E-state index is 0.126. The molecule has 0 spiro atoms. The third-order valence-electron chi connectivity index (χ3n) is 4.69. The molecule has 1 aromatic heterocycles. The van der Waals surface area contributed by atoms with Crippen molar-refractivity contribution in [2.45, 2.75) is 38.2 Å². The Morgan fingerprint density at radius 2 is 2.12 bits per heavy atom. The third kappa shape index (κ3) is 2.75. The van der Waals surface area contributed by atoms with Crippen LogP contribution >= 0.6 is 0 Å². The zero-order valence-electron chi connectivity index (χ0n) is 13.5. The van der Waals surface area contributed by atoms with E-state index < -0.39 is 6.09 Å². The van der Waals surface area contributed by atoms with Gasteiger partial charge in [0.2, 0.25) is 0 Å². The summed E-state index contributed by atoms with van der Waals surface area (Å²) in [6.07, 6.45) is 4.33. The first-order valence-electron chi connectivity index (χ1n) is 8.39. The first kappa shape index (κ1) is 15.1. The molecule has 0 bridgehead atoms. The Hall–Kier alpha value is -2.43. The van der Waals surface area contributed by atoms with Crippen LogP contribution in [0.2, 0.25) is 0 Å². The minimum Gasteiger partial charge on any atom is -0.444 e. The van der Waals surface area contributed by atoms with E-state index in [-0.39, 0.29) is 11.9 Å². The number of nitrogens with zero attached hydrogens (tertiary/aromatic N) is 2. The largest absolute Gasteiger partial charge is 0.444 e. The summed E-state index contributed by atoms with van der Waals surface area (Å²) in [5.41, 5.74) is 2.85. The van der Waals surface area contributed by atoms with E-state index in [0.717, 1.165) is 17.7 Å². The Morgan fingerprint density at radius 1 is 1.29 bits per heavy atom. The quantitative estimate of drug-likeness (QED) is 0.831. The number of ether oxygens (including phenoxy) is 1. The second kappa shape index (κ2) is 5.89. The van der Waals surface area contributed by atoms with Crippen molar-refractivity contribution in [3.8, 4) is 11.1 Å². The summed E-state index contributed by atoms with van der Waals surface area (Å²) >= 11 is 0. The molecule has 1 aliphatic carbocycles. The molecule has 4 rings (SSSR count). The average Bonchev–Trinajstić information content (AvgIpc) is 3.37. The Balaban J connectivity index is 1.58. The average molecular weight is 326 g/mol. The van der Waals surface area contributed by atoms with Crippen molar-refractivity contribution in [3.05, 3.63) is 48.0 Å². The lowest BCUT2D eigenvalue weighted by Crippen LogP contribution is -2.24. The van der Waals surface area contributed by atoms with Crippen molar-refractivity contribution in [2.24, 2.45) is 0 Å². The van der Waals surface area contributed by atoms with Crippen molar-refractivity contribution in [1.29, 1.82) is 0 Å². The molecule has 1 atom stereocenters. The molecule has 2 aromatic rings. The van der Waals surface area contributed by atoms with E-state index in [2.05, 4.69) is 4.98 Å². The van der Waals surface area contributed by atoms with E-state index >= 15 is 0 Å². The van der Waals surface area contributed by atoms with Gasteiger partial charge in [0.1, 0.15) is 11.9 Å². The molecule has 0 N–H and O–H groups in total. The van der Waals surface area contributed by atoms with Crippen molar-refractivity contribution in [1.82, 2.24) is 4.98 Å². The predicted octanol–water partition coefficient (Wildman–Crippen LogP) is 4.50. The number of rotatable bonds is 4. The molecule has 2 fully saturated rings. The standard InChI is InChI=1S/C19H19FN2O2/c1-2-15-11-22(19(23)24-15)14-6-7-16(17(20)9-14)13-5-8-18(21-10-13)12-3-4-12/h5-10,12,15H,2-4,11H2,1H3. The van der Waals surface area contributed by atoms with Gasteiger partial charge in [-0.05, 0) is 43.5 Å². The molecule has 0 radical (unpaired) electrons. The summed E-state index contributed by atoms with van der Waals surface area (Å²) in [7, 11) is 0. The van der Waals surface area contributed by atoms with Gasteiger partial charge < -0.3 is 4.74 Å². The van der Waals surface area contributed by atoms with Gasteiger partial charge in [0, 0.05) is 28.9 Å². The molecule has 2 heterocycles. The van der Waals surface area contributed by atoms with Gasteiger partial charge in [-0.15, -0.1) is 0 Å². The van der Waals surface area contributed by atoms with Crippen LogP contribution in [-0.4, -0.2) is 23.7 Å². The highest BCUT2D eigenvalue weighted by Crippen LogP contribution is 2.39. The molecule has 1 saturated carbocycles. The van der Waals surface area contributed by atoms with Gasteiger partial charge in [0.15, 0.2) is 0 Å². The van der Waals surface area contributed by atoms with Gasteiger partial charge >= 0.3 is 6.09 Å². The van der Waals surface area contributed by atoms with E-state index in [0.29, 0.717) is 23.7 Å². The Labute approximate surface area is 140 Å². The Morgan fingerprint density at radius 3 is 2.71 bits per heavy atom. The number of cyclic esters (lactones) is 1. The molecular formula is C19H19FN2O2. The van der Waals surface area contributed by atoms with Crippen molar-refractivity contribution in [3.63, 3.8) is 0 Å². The first-order chi connectivity index (χ1) is 11.7. The van der Waals surface area contributed by atoms with Crippen molar-refractivity contribution >= 4 is 11.8 Å². The fourth-order valence-corrected chi connectivity index (χ4v) is 3.04. The molecule has 124 valence electrons. The molecule has 1 aromatic carbocycles. The molecular weight excluding hydrogens is 307 g/mol. The maximum Gasteiger partial charge on any atom is 0.414 e. The van der Waals surface area contributed by atoms with E-state index in [9.17, 15) is 9.18 Å². The van der Waals surface area contributed by atoms with Gasteiger partial charge in [-0.25, -0.2) is 9.18 Å². The molecule has 5 heteroatoms. The number of pyridine rings is 1. The number of aromatic nitrogens is 1. The number of hydrogen-bond donors (Lipinski definition) is 0. The summed E-state index contributed by atoms with van der Waals surface area (Å²) in [5.74, 6) is 0.222. The molecule has 1 aliphatic heterocycles. The lowest BCUT2D eigenvalue weighted by molar-refractivity contribution is 0.139. The fraction of sp³-hybridized carbons (Fsp3) is 0.368. The highest BCUT2D eigenvalue weighted by atomic mass is 19.1. The second-order valence-corrected chi connectivity index (χ2v) is 6.43. The number of anilines is 1. The van der Waals surface area contributed by atoms with Crippen LogP contribution in [0.25, 0.3) is 11.1 Å². The van der Waals surface area contributed by atoms with Crippen LogP contribution < -0.4 is 4.90 Å². The monoisotopic (exact) mass is 326 g/mol. The van der Waals surface area contributed by atoms with Crippen LogP contribution in [0.3, 0.4) is 0 Å². The SMILES string of the molecule is CCC1CN(c2ccc(-c3ccc(C4CC4)nc3)c(F)c2)C(=O)O1. The topological polar surface area (TPSA) is 42.4 Å². The van der Waals surface area contributed by atoms with Gasteiger partial charge in [-0.2, -0.15) is 0 Å². The highest BCUT2D eigenvalue weighted by Gasteiger charge is 2.31. The van der Waals surface area contributed by atoms with E-state index in [1.165, 1.54) is 23.8 Å². The number of amides is 1. The van der Waals surface area contributed by atoms with E-state index in [1.54, 1.807) is 18.3 Å². The predicted molar refractivity (Wildman–Crippen MR) is 89.5 cm³/mol. The van der Waals surface area contributed by atoms with Gasteiger partial charge in [0.25, 0.3) is 0 Å². The molecule has 4 nitrogen and oxygen atoms in total. The smallest absolute Gasteiger partial charge is 0.414 e. The number of benzene rings is 1. The van der Waals surface area contributed by atoms with Gasteiger partial charge in [-0.1, -0.05) is 13.0 Å². The molecule has 1 unspecified atom stereocenters. The van der Waals surface area contributed by atoms with Crippen LogP contribution in [0.15, 0.2) is 36.5 Å². The molecule has 2 aliphatic rings. The number of halogens is 1. The summed E-state index contributed by atoms with van der Waals surface area (Å²) in [6, 6.07) is 8.74. The van der Waals surface area contributed by atoms with Crippen LogP contribution in [0, 0.1) is 5.82 Å². The van der Waals surface area contributed by atoms with Crippen molar-refractivity contribution < 1.29 is 13.9 Å². The van der Waals surface area contributed by atoms with Gasteiger partial charge in [-0.3, -0.25) is 9.88 Å². The summed E-state index contributed by atoms with van der Waals surface area (Å²) in [6.45, 7) is 2.43. The lowest BCUT2D eigenvalue weighted by atomic mass is 10.1. The minimum atomic E-state index is -0.413. The van der Waals surface area contributed by atoms with E-state index in [1.807, 2.05) is 19.1 Å². The molecule has 24 heavy (non-hydrogen) atoms. The van der Waals surface area contributed by atoms with Crippen LogP contribution in [0.4, 0.5) is 14.9 Å². The number of hydrogen-bond acceptors (Lipinski definition) is 3. The van der Waals surface area contributed by atoms with Crippen LogP contribution in [-0.2, 0) is 4.74 Å². The zero-order chi connectivity index (χ0) is 16.7. The lowest BCUT2D eigenvalue weighted by Gasteiger charge is -2.14. The Kier molecular flexibility index (Phi) is 3.71. The fourth-order valence-electron chi connectivity index (χ4n) is 3.04. The molecule has 1 saturated heterocycles. The number of carbonyl (C=O) groups excluding carboxylic acids is 1. The summed E-state index contributed by atoms with van der Waals surface area (Å²) in [5, 5.41) is 0. The maximum atomic E-state index is 14.6. The number of carbonyl (C=O) groups is 1. The summed E-state index contributed by atoms with van der Waals surface area (Å²) < 4.78 is 19.8. The normalized spacial score (nSPS) is 20.3. The van der Waals surface area contributed by atoms with Crippen LogP contribution in [0.1, 0.15) is 37.8 Å². The second-order valence-electron chi connectivity index (χ2n) is 6.43.